The van der Waals surface area contributed by atoms with Crippen molar-refractivity contribution in [2.24, 2.45) is 4.99 Å². The van der Waals surface area contributed by atoms with Crippen molar-refractivity contribution in [3.63, 3.8) is 0 Å². The third-order valence-corrected chi connectivity index (χ3v) is 5.39. The summed E-state index contributed by atoms with van der Waals surface area (Å²) in [7, 11) is 1.75. The number of halogens is 1. The van der Waals surface area contributed by atoms with E-state index in [0.717, 1.165) is 35.6 Å². The zero-order chi connectivity index (χ0) is 20.8. The first-order chi connectivity index (χ1) is 14.7. The average Bonchev–Trinajstić information content (AvgIpc) is 3.19. The minimum atomic E-state index is -0.0908. The molecule has 1 atom stereocenters. The molecular formula is C23H29IN4O3. The first-order valence-electron chi connectivity index (χ1n) is 10.4. The second kappa shape index (κ2) is 11.2. The van der Waals surface area contributed by atoms with Gasteiger partial charge in [0.05, 0.1) is 6.54 Å². The number of nitrogens with zero attached hydrogens (tertiary/aromatic N) is 2. The summed E-state index contributed by atoms with van der Waals surface area (Å²) in [4.78, 5) is 18.2. The number of para-hydroxylation sites is 2. The number of fused-ring (bicyclic) bond motifs is 1. The zero-order valence-electron chi connectivity index (χ0n) is 17.7. The first-order valence-corrected chi connectivity index (χ1v) is 10.4. The molecular weight excluding hydrogens is 507 g/mol. The van der Waals surface area contributed by atoms with Crippen molar-refractivity contribution < 1.29 is 14.3 Å². The van der Waals surface area contributed by atoms with E-state index < -0.39 is 0 Å². The molecule has 4 rings (SSSR count). The molecule has 2 aromatic rings. The molecule has 1 unspecified atom stereocenters. The summed E-state index contributed by atoms with van der Waals surface area (Å²) in [6.45, 7) is 3.21. The van der Waals surface area contributed by atoms with Gasteiger partial charge in [0.15, 0.2) is 17.5 Å². The van der Waals surface area contributed by atoms with Crippen LogP contribution in [0.15, 0.2) is 53.5 Å². The summed E-state index contributed by atoms with van der Waals surface area (Å²) < 4.78 is 11.7. The van der Waals surface area contributed by atoms with E-state index in [4.69, 9.17) is 9.47 Å². The summed E-state index contributed by atoms with van der Waals surface area (Å²) in [5, 5.41) is 6.67. The van der Waals surface area contributed by atoms with Crippen LogP contribution in [-0.4, -0.2) is 49.6 Å². The zero-order valence-corrected chi connectivity index (χ0v) is 20.0. The van der Waals surface area contributed by atoms with E-state index in [0.29, 0.717) is 38.6 Å². The summed E-state index contributed by atoms with van der Waals surface area (Å²) in [5.74, 6) is 2.49. The molecule has 31 heavy (non-hydrogen) atoms. The highest BCUT2D eigenvalue weighted by atomic mass is 127. The number of carbonyl (C=O) groups is 1. The standard InChI is InChI=1S/C23H28N4O3.HI/c1-24-23(26-14-19-16-29-20-9-4-5-10-21(20)30-19)25-13-17-7-2-3-8-18(17)15-27-12-6-11-22(27)28;/h2-5,7-10,19H,6,11-16H2,1H3,(H2,24,25,26);1H. The van der Waals surface area contributed by atoms with Crippen LogP contribution in [0.4, 0.5) is 0 Å². The van der Waals surface area contributed by atoms with Gasteiger partial charge in [-0.3, -0.25) is 9.79 Å². The van der Waals surface area contributed by atoms with Crippen LogP contribution in [0, 0.1) is 0 Å². The van der Waals surface area contributed by atoms with Gasteiger partial charge < -0.3 is 25.0 Å². The molecule has 0 radical (unpaired) electrons. The Bertz CT molecular complexity index is 921. The highest BCUT2D eigenvalue weighted by Gasteiger charge is 2.22. The van der Waals surface area contributed by atoms with Crippen molar-refractivity contribution in [2.45, 2.75) is 32.0 Å². The van der Waals surface area contributed by atoms with Crippen molar-refractivity contribution in [2.75, 3.05) is 26.7 Å². The van der Waals surface area contributed by atoms with Crippen LogP contribution in [0.5, 0.6) is 11.5 Å². The number of nitrogens with one attached hydrogen (secondary N) is 2. The summed E-state index contributed by atoms with van der Waals surface area (Å²) in [6.07, 6.45) is 1.52. The van der Waals surface area contributed by atoms with Gasteiger partial charge in [-0.25, -0.2) is 0 Å². The number of carbonyl (C=O) groups excluding carboxylic acids is 1. The number of hydrogen-bond acceptors (Lipinski definition) is 4. The number of aliphatic imine (C=N–C) groups is 1. The second-order valence-corrected chi connectivity index (χ2v) is 7.49. The Balaban J connectivity index is 0.00000272. The van der Waals surface area contributed by atoms with Crippen molar-refractivity contribution in [1.29, 1.82) is 0 Å². The number of benzene rings is 2. The molecule has 0 saturated carbocycles. The van der Waals surface area contributed by atoms with Gasteiger partial charge in [-0.1, -0.05) is 36.4 Å². The maximum Gasteiger partial charge on any atom is 0.222 e. The number of ether oxygens (including phenoxy) is 2. The molecule has 0 bridgehead atoms. The van der Waals surface area contributed by atoms with E-state index in [9.17, 15) is 4.79 Å². The van der Waals surface area contributed by atoms with Gasteiger partial charge in [0.1, 0.15) is 12.7 Å². The van der Waals surface area contributed by atoms with E-state index in [1.54, 1.807) is 7.05 Å². The summed E-state index contributed by atoms with van der Waals surface area (Å²) >= 11 is 0. The van der Waals surface area contributed by atoms with Crippen molar-refractivity contribution in [3.05, 3.63) is 59.7 Å². The number of rotatable bonds is 6. The predicted molar refractivity (Wildman–Crippen MR) is 131 cm³/mol. The van der Waals surface area contributed by atoms with Crippen LogP contribution < -0.4 is 20.1 Å². The molecule has 2 aliphatic heterocycles. The summed E-state index contributed by atoms with van der Waals surface area (Å²) in [5.41, 5.74) is 2.32. The van der Waals surface area contributed by atoms with Gasteiger partial charge in [-0.2, -0.15) is 0 Å². The van der Waals surface area contributed by atoms with E-state index in [-0.39, 0.29) is 36.0 Å². The van der Waals surface area contributed by atoms with Crippen LogP contribution in [0.3, 0.4) is 0 Å². The molecule has 8 heteroatoms. The fourth-order valence-electron chi connectivity index (χ4n) is 3.73. The Labute approximate surface area is 200 Å². The Morgan fingerprint density at radius 1 is 1.10 bits per heavy atom. The maximum atomic E-state index is 12.0. The SMILES string of the molecule is CN=C(NCc1ccccc1CN1CCCC1=O)NCC1COc2ccccc2O1.I. The van der Waals surface area contributed by atoms with Gasteiger partial charge in [0.2, 0.25) is 5.91 Å². The van der Waals surface area contributed by atoms with E-state index in [1.165, 1.54) is 0 Å². The first kappa shape index (κ1) is 23.2. The number of amides is 1. The van der Waals surface area contributed by atoms with Gasteiger partial charge in [0.25, 0.3) is 0 Å². The molecule has 2 aromatic carbocycles. The molecule has 2 heterocycles. The maximum absolute atomic E-state index is 12.0. The molecule has 1 amide bonds. The molecule has 0 spiro atoms. The molecule has 2 N–H and O–H groups in total. The fourth-order valence-corrected chi connectivity index (χ4v) is 3.73. The predicted octanol–water partition coefficient (Wildman–Crippen LogP) is 2.93. The van der Waals surface area contributed by atoms with Gasteiger partial charge in [-0.05, 0) is 29.7 Å². The molecule has 2 aliphatic rings. The lowest BCUT2D eigenvalue weighted by atomic mass is 10.1. The van der Waals surface area contributed by atoms with Crippen LogP contribution in [-0.2, 0) is 17.9 Å². The van der Waals surface area contributed by atoms with Crippen molar-refractivity contribution >= 4 is 35.8 Å². The molecule has 0 aliphatic carbocycles. The minimum Gasteiger partial charge on any atom is -0.486 e. The monoisotopic (exact) mass is 536 g/mol. The van der Waals surface area contributed by atoms with E-state index in [1.807, 2.05) is 41.3 Å². The molecule has 1 fully saturated rings. The lowest BCUT2D eigenvalue weighted by Crippen LogP contribution is -2.45. The minimum absolute atomic E-state index is 0. The quantitative estimate of drug-likeness (QED) is 0.338. The number of likely N-dealkylation sites (tertiary alicyclic amines) is 1. The Kier molecular flexibility index (Phi) is 8.39. The molecule has 1 saturated heterocycles. The Morgan fingerprint density at radius 2 is 1.84 bits per heavy atom. The lowest BCUT2D eigenvalue weighted by molar-refractivity contribution is -0.128. The van der Waals surface area contributed by atoms with Gasteiger partial charge in [-0.15, -0.1) is 24.0 Å². The third-order valence-electron chi connectivity index (χ3n) is 5.39. The summed E-state index contributed by atoms with van der Waals surface area (Å²) in [6, 6.07) is 15.9. The van der Waals surface area contributed by atoms with E-state index in [2.05, 4.69) is 27.8 Å². The van der Waals surface area contributed by atoms with Gasteiger partial charge in [0, 0.05) is 33.1 Å². The van der Waals surface area contributed by atoms with E-state index >= 15 is 0 Å². The van der Waals surface area contributed by atoms with Crippen molar-refractivity contribution in [1.82, 2.24) is 15.5 Å². The number of hydrogen-bond donors (Lipinski definition) is 2. The number of guanidine groups is 1. The fraction of sp³-hybridized carbons (Fsp3) is 0.391. The average molecular weight is 536 g/mol. The van der Waals surface area contributed by atoms with Crippen LogP contribution in [0.1, 0.15) is 24.0 Å². The van der Waals surface area contributed by atoms with Gasteiger partial charge >= 0.3 is 0 Å². The Morgan fingerprint density at radius 3 is 2.58 bits per heavy atom. The van der Waals surface area contributed by atoms with Crippen LogP contribution in [0.2, 0.25) is 0 Å². The molecule has 0 aromatic heterocycles. The Hall–Kier alpha value is -2.49. The van der Waals surface area contributed by atoms with Crippen LogP contribution >= 0.6 is 24.0 Å². The normalized spacial score (nSPS) is 17.8. The second-order valence-electron chi connectivity index (χ2n) is 7.49. The van der Waals surface area contributed by atoms with Crippen LogP contribution in [0.25, 0.3) is 0 Å². The van der Waals surface area contributed by atoms with Crippen molar-refractivity contribution in [3.8, 4) is 11.5 Å². The largest absolute Gasteiger partial charge is 0.486 e. The highest BCUT2D eigenvalue weighted by Crippen LogP contribution is 2.30. The molecule has 166 valence electrons. The topological polar surface area (TPSA) is 75.2 Å². The highest BCUT2D eigenvalue weighted by molar-refractivity contribution is 14.0. The third kappa shape index (κ3) is 6.03. The lowest BCUT2D eigenvalue weighted by Gasteiger charge is -2.27. The molecule has 7 nitrogen and oxygen atoms in total. The smallest absolute Gasteiger partial charge is 0.222 e.